The Bertz CT molecular complexity index is 385. The average Bonchev–Trinajstić information content (AvgIpc) is 2.34. The van der Waals surface area contributed by atoms with E-state index in [9.17, 15) is 9.90 Å². The van der Waals surface area contributed by atoms with Crippen LogP contribution in [0.25, 0.3) is 0 Å². The zero-order valence-corrected chi connectivity index (χ0v) is 13.4. The van der Waals surface area contributed by atoms with E-state index in [1.807, 2.05) is 6.92 Å². The normalized spacial score (nSPS) is 13.9. The highest BCUT2D eigenvalue weighted by Crippen LogP contribution is 2.12. The van der Waals surface area contributed by atoms with Crippen LogP contribution in [0.4, 0.5) is 0 Å². The molecule has 0 aromatic carbocycles. The number of hydrogen-bond donors (Lipinski definition) is 1. The smallest absolute Gasteiger partial charge is 0.302 e. The van der Waals surface area contributed by atoms with E-state index >= 15 is 0 Å². The highest BCUT2D eigenvalue weighted by molar-refractivity contribution is 5.66. The predicted octanol–water partition coefficient (Wildman–Crippen LogP) is 3.94. The van der Waals surface area contributed by atoms with Gasteiger partial charge in [-0.05, 0) is 58.6 Å². The van der Waals surface area contributed by atoms with Gasteiger partial charge >= 0.3 is 5.97 Å². The Morgan fingerprint density at radius 1 is 1.10 bits per heavy atom. The van der Waals surface area contributed by atoms with Crippen LogP contribution in [-0.2, 0) is 9.53 Å². The number of aliphatic hydroxyl groups excluding tert-OH is 1. The molecule has 0 aromatic rings. The standard InChI is InChI=1S/C17H28O3/c1-13(2)7-6-8-14(3)9-10-17(19)15(4)11-12-20-16(5)18/h7,9,11,17,19H,6,8,10,12H2,1-5H3. The first-order valence-corrected chi connectivity index (χ1v) is 7.10. The van der Waals surface area contributed by atoms with Crippen molar-refractivity contribution in [3.05, 3.63) is 34.9 Å². The molecule has 3 heteroatoms. The van der Waals surface area contributed by atoms with Crippen molar-refractivity contribution in [1.82, 2.24) is 0 Å². The molecule has 20 heavy (non-hydrogen) atoms. The average molecular weight is 280 g/mol. The molecule has 0 saturated carbocycles. The summed E-state index contributed by atoms with van der Waals surface area (Å²) in [6.45, 7) is 9.73. The molecule has 0 heterocycles. The van der Waals surface area contributed by atoms with E-state index in [0.717, 1.165) is 18.4 Å². The SMILES string of the molecule is CC(=O)OCC=C(C)C(O)CC=C(C)CCC=C(C)C. The van der Waals surface area contributed by atoms with Crippen molar-refractivity contribution < 1.29 is 14.6 Å². The lowest BCUT2D eigenvalue weighted by Crippen LogP contribution is -2.08. The van der Waals surface area contributed by atoms with Crippen molar-refractivity contribution in [2.24, 2.45) is 0 Å². The second-order valence-corrected chi connectivity index (χ2v) is 5.37. The summed E-state index contributed by atoms with van der Waals surface area (Å²) < 4.78 is 4.82. The fourth-order valence-corrected chi connectivity index (χ4v) is 1.62. The maximum Gasteiger partial charge on any atom is 0.302 e. The van der Waals surface area contributed by atoms with E-state index in [0.29, 0.717) is 6.42 Å². The molecule has 1 N–H and O–H groups in total. The third-order valence-electron chi connectivity index (χ3n) is 3.00. The summed E-state index contributed by atoms with van der Waals surface area (Å²) in [5, 5.41) is 9.98. The molecule has 0 aliphatic carbocycles. The molecule has 1 atom stereocenters. The second-order valence-electron chi connectivity index (χ2n) is 5.37. The molecule has 3 nitrogen and oxygen atoms in total. The van der Waals surface area contributed by atoms with Gasteiger partial charge < -0.3 is 9.84 Å². The third-order valence-corrected chi connectivity index (χ3v) is 3.00. The lowest BCUT2D eigenvalue weighted by Gasteiger charge is -2.10. The highest BCUT2D eigenvalue weighted by atomic mass is 16.5. The summed E-state index contributed by atoms with van der Waals surface area (Å²) in [7, 11) is 0. The zero-order chi connectivity index (χ0) is 15.5. The lowest BCUT2D eigenvalue weighted by molar-refractivity contribution is -0.139. The number of rotatable bonds is 8. The molecule has 0 amide bonds. The van der Waals surface area contributed by atoms with Gasteiger partial charge in [-0.3, -0.25) is 4.79 Å². The summed E-state index contributed by atoms with van der Waals surface area (Å²) in [6, 6.07) is 0. The Kier molecular flexibility index (Phi) is 9.73. The van der Waals surface area contributed by atoms with Crippen LogP contribution < -0.4 is 0 Å². The van der Waals surface area contributed by atoms with Gasteiger partial charge in [-0.15, -0.1) is 0 Å². The van der Waals surface area contributed by atoms with E-state index in [4.69, 9.17) is 4.74 Å². The van der Waals surface area contributed by atoms with Crippen molar-refractivity contribution in [2.75, 3.05) is 6.61 Å². The summed E-state index contributed by atoms with van der Waals surface area (Å²) in [6.07, 6.45) is 8.20. The van der Waals surface area contributed by atoms with Gasteiger partial charge in [0.05, 0.1) is 6.10 Å². The number of allylic oxidation sites excluding steroid dienone is 3. The fourth-order valence-electron chi connectivity index (χ4n) is 1.62. The van der Waals surface area contributed by atoms with Crippen LogP contribution in [0.5, 0.6) is 0 Å². The Balaban J connectivity index is 4.14. The van der Waals surface area contributed by atoms with Gasteiger partial charge in [0.1, 0.15) is 6.61 Å². The molecule has 0 fully saturated rings. The maximum atomic E-state index is 10.6. The van der Waals surface area contributed by atoms with E-state index < -0.39 is 6.10 Å². The van der Waals surface area contributed by atoms with Gasteiger partial charge in [-0.1, -0.05) is 23.3 Å². The maximum absolute atomic E-state index is 10.6. The first kappa shape index (κ1) is 18.7. The van der Waals surface area contributed by atoms with E-state index in [1.165, 1.54) is 18.1 Å². The minimum absolute atomic E-state index is 0.224. The Labute approximate surface area is 123 Å². The number of hydrogen-bond acceptors (Lipinski definition) is 3. The van der Waals surface area contributed by atoms with Crippen LogP contribution in [0, 0.1) is 0 Å². The van der Waals surface area contributed by atoms with Crippen LogP contribution in [0.1, 0.15) is 53.9 Å². The van der Waals surface area contributed by atoms with Gasteiger partial charge in [0.25, 0.3) is 0 Å². The molecule has 0 aliphatic heterocycles. The topological polar surface area (TPSA) is 46.5 Å². The first-order valence-electron chi connectivity index (χ1n) is 7.10. The summed E-state index contributed by atoms with van der Waals surface area (Å²) >= 11 is 0. The number of ether oxygens (including phenoxy) is 1. The van der Waals surface area contributed by atoms with Crippen molar-refractivity contribution in [2.45, 2.75) is 60.0 Å². The fraction of sp³-hybridized carbons (Fsp3) is 0.588. The number of esters is 1. The Morgan fingerprint density at radius 3 is 2.30 bits per heavy atom. The highest BCUT2D eigenvalue weighted by Gasteiger charge is 2.04. The quantitative estimate of drug-likeness (QED) is 0.541. The molecule has 0 saturated heterocycles. The predicted molar refractivity (Wildman–Crippen MR) is 83.4 cm³/mol. The summed E-state index contributed by atoms with van der Waals surface area (Å²) in [5.74, 6) is -0.307. The van der Waals surface area contributed by atoms with Gasteiger partial charge in [0, 0.05) is 6.92 Å². The number of carbonyl (C=O) groups excluding carboxylic acids is 1. The van der Waals surface area contributed by atoms with Gasteiger partial charge in [-0.25, -0.2) is 0 Å². The van der Waals surface area contributed by atoms with Crippen LogP contribution in [0.2, 0.25) is 0 Å². The van der Waals surface area contributed by atoms with Crippen molar-refractivity contribution in [3.8, 4) is 0 Å². The molecular formula is C17H28O3. The van der Waals surface area contributed by atoms with Gasteiger partial charge in [-0.2, -0.15) is 0 Å². The minimum atomic E-state index is -0.510. The van der Waals surface area contributed by atoms with Crippen LogP contribution in [0.3, 0.4) is 0 Å². The lowest BCUT2D eigenvalue weighted by atomic mass is 10.0. The Morgan fingerprint density at radius 2 is 1.75 bits per heavy atom. The van der Waals surface area contributed by atoms with E-state index in [2.05, 4.69) is 32.9 Å². The van der Waals surface area contributed by atoms with Crippen molar-refractivity contribution >= 4 is 5.97 Å². The van der Waals surface area contributed by atoms with Crippen LogP contribution >= 0.6 is 0 Å². The number of aliphatic hydroxyl groups is 1. The molecule has 0 aliphatic rings. The number of carbonyl (C=O) groups is 1. The van der Waals surface area contributed by atoms with Crippen LogP contribution in [0.15, 0.2) is 34.9 Å². The van der Waals surface area contributed by atoms with E-state index in [1.54, 1.807) is 6.08 Å². The van der Waals surface area contributed by atoms with Crippen molar-refractivity contribution in [1.29, 1.82) is 0 Å². The molecule has 0 spiro atoms. The molecule has 0 rings (SSSR count). The third kappa shape index (κ3) is 10.6. The summed E-state index contributed by atoms with van der Waals surface area (Å²) in [4.78, 5) is 10.6. The van der Waals surface area contributed by atoms with E-state index in [-0.39, 0.29) is 12.6 Å². The Hall–Kier alpha value is -1.35. The van der Waals surface area contributed by atoms with Gasteiger partial charge in [0.2, 0.25) is 0 Å². The van der Waals surface area contributed by atoms with Crippen molar-refractivity contribution in [3.63, 3.8) is 0 Å². The molecule has 0 bridgehead atoms. The molecule has 1 unspecified atom stereocenters. The van der Waals surface area contributed by atoms with Gasteiger partial charge in [0.15, 0.2) is 0 Å². The monoisotopic (exact) mass is 280 g/mol. The molecule has 0 radical (unpaired) electrons. The largest absolute Gasteiger partial charge is 0.462 e. The van der Waals surface area contributed by atoms with Crippen LogP contribution in [-0.4, -0.2) is 23.8 Å². The second kappa shape index (κ2) is 10.4. The first-order chi connectivity index (χ1) is 9.32. The summed E-state index contributed by atoms with van der Waals surface area (Å²) in [5.41, 5.74) is 3.45. The minimum Gasteiger partial charge on any atom is -0.462 e. The molecule has 114 valence electrons. The molecule has 0 aromatic heterocycles. The zero-order valence-electron chi connectivity index (χ0n) is 13.4. The molecular weight excluding hydrogens is 252 g/mol.